The number of nitrogens with one attached hydrogen (secondary N) is 2. The van der Waals surface area contributed by atoms with E-state index in [4.69, 9.17) is 4.74 Å². The molecular weight excluding hydrogens is 508 g/mol. The van der Waals surface area contributed by atoms with Crippen molar-refractivity contribution in [2.24, 2.45) is 0 Å². The number of H-pyrrole nitrogens is 1. The minimum atomic E-state index is -1.09. The number of anilines is 1. The molecular formula is C31H40N4O3S. The summed E-state index contributed by atoms with van der Waals surface area (Å²) in [5.41, 5.74) is 3.14. The van der Waals surface area contributed by atoms with Crippen molar-refractivity contribution in [2.45, 2.75) is 62.5 Å². The lowest BCUT2D eigenvalue weighted by Crippen LogP contribution is -2.51. The summed E-state index contributed by atoms with van der Waals surface area (Å²) in [4.78, 5) is 29.6. The number of ether oxygens (including phenoxy) is 1. The van der Waals surface area contributed by atoms with E-state index in [1.807, 2.05) is 79.4 Å². The Labute approximate surface area is 233 Å². The molecule has 2 aliphatic rings. The van der Waals surface area contributed by atoms with Crippen LogP contribution in [0.1, 0.15) is 61.4 Å². The fourth-order valence-electron chi connectivity index (χ4n) is 5.86. The highest BCUT2D eigenvalue weighted by Crippen LogP contribution is 2.60. The highest BCUT2D eigenvalue weighted by molar-refractivity contribution is 8.33. The molecule has 1 aromatic heterocycles. The zero-order valence-corrected chi connectivity index (χ0v) is 24.4. The van der Waals surface area contributed by atoms with E-state index in [2.05, 4.69) is 34.3 Å². The Morgan fingerprint density at radius 1 is 1.05 bits per heavy atom. The molecule has 8 heteroatoms. The molecule has 1 aliphatic carbocycles. The van der Waals surface area contributed by atoms with Gasteiger partial charge in [-0.15, -0.1) is 0 Å². The van der Waals surface area contributed by atoms with Crippen LogP contribution in [0.5, 0.6) is 0 Å². The average Bonchev–Trinajstić information content (AvgIpc) is 3.38. The van der Waals surface area contributed by atoms with Crippen molar-refractivity contribution in [3.63, 3.8) is 0 Å². The molecule has 3 aromatic rings. The molecule has 0 radical (unpaired) electrons. The number of carbonyl (C=O) groups is 2. The fourth-order valence-corrected chi connectivity index (χ4v) is 7.98. The predicted molar refractivity (Wildman–Crippen MR) is 158 cm³/mol. The average molecular weight is 549 g/mol. The molecule has 0 saturated heterocycles. The number of hydrogen-bond donors (Lipinski definition) is 2. The van der Waals surface area contributed by atoms with Crippen LogP contribution in [0, 0.1) is 0 Å². The van der Waals surface area contributed by atoms with Crippen LogP contribution in [0.4, 0.5) is 5.82 Å². The molecule has 0 spiro atoms. The molecule has 1 aliphatic heterocycles. The van der Waals surface area contributed by atoms with Crippen LogP contribution in [0.2, 0.25) is 0 Å². The maximum Gasteiger partial charge on any atom is 0.240 e. The van der Waals surface area contributed by atoms with E-state index >= 15 is 0 Å². The minimum Gasteiger partial charge on any atom is -0.376 e. The zero-order chi connectivity index (χ0) is 27.8. The lowest BCUT2D eigenvalue weighted by atomic mass is 9.83. The maximum atomic E-state index is 14.2. The Hall–Kier alpha value is -3.10. The van der Waals surface area contributed by atoms with Gasteiger partial charge in [-0.25, -0.2) is 10.0 Å². The molecule has 0 unspecified atom stereocenters. The second-order valence-electron chi connectivity index (χ2n) is 12.0. The van der Waals surface area contributed by atoms with Gasteiger partial charge in [-0.05, 0) is 63.0 Å². The molecule has 2 aromatic carbocycles. The number of aromatic amines is 1. The quantitative estimate of drug-likeness (QED) is 0.367. The number of amides is 2. The Bertz CT molecular complexity index is 1330. The number of fused-ring (bicyclic) bond motifs is 1. The highest BCUT2D eigenvalue weighted by atomic mass is 32.3. The van der Waals surface area contributed by atoms with Gasteiger partial charge in [0.15, 0.2) is 5.82 Å². The van der Waals surface area contributed by atoms with Crippen LogP contribution in [0.3, 0.4) is 0 Å². The van der Waals surface area contributed by atoms with Gasteiger partial charge in [0.1, 0.15) is 0 Å². The SMILES string of the molecule is CC1(C)c2[nH]nc(NC(=O)C3(S(C)(C)C)CCC3)c2CN1C(=O)[C@@H](COCc1ccccc1)c1ccccc1. The third-order valence-electron chi connectivity index (χ3n) is 8.61. The molecule has 208 valence electrons. The van der Waals surface area contributed by atoms with E-state index in [0.717, 1.165) is 41.6 Å². The van der Waals surface area contributed by atoms with Crippen molar-refractivity contribution in [3.05, 3.63) is 83.0 Å². The van der Waals surface area contributed by atoms with E-state index in [-0.39, 0.29) is 23.2 Å². The third kappa shape index (κ3) is 5.00. The summed E-state index contributed by atoms with van der Waals surface area (Å²) in [6.45, 7) is 5.15. The van der Waals surface area contributed by atoms with Gasteiger partial charge in [-0.3, -0.25) is 14.7 Å². The molecule has 7 nitrogen and oxygen atoms in total. The first-order chi connectivity index (χ1) is 18.5. The van der Waals surface area contributed by atoms with Crippen molar-refractivity contribution < 1.29 is 14.3 Å². The molecule has 2 heterocycles. The number of rotatable bonds is 9. The van der Waals surface area contributed by atoms with E-state index in [9.17, 15) is 9.59 Å². The number of hydrogen-bond acceptors (Lipinski definition) is 4. The summed E-state index contributed by atoms with van der Waals surface area (Å²) in [5, 5.41) is 10.8. The fraction of sp³-hybridized carbons (Fsp3) is 0.452. The first-order valence-corrected chi connectivity index (χ1v) is 16.5. The summed E-state index contributed by atoms with van der Waals surface area (Å²) >= 11 is 0. The molecule has 39 heavy (non-hydrogen) atoms. The summed E-state index contributed by atoms with van der Waals surface area (Å²) in [5.74, 6) is 0.150. The maximum absolute atomic E-state index is 14.2. The molecule has 2 N–H and O–H groups in total. The summed E-state index contributed by atoms with van der Waals surface area (Å²) in [6, 6.07) is 19.8. The minimum absolute atomic E-state index is 0.00395. The van der Waals surface area contributed by atoms with Crippen LogP contribution in [0.15, 0.2) is 60.7 Å². The smallest absolute Gasteiger partial charge is 0.240 e. The van der Waals surface area contributed by atoms with Gasteiger partial charge in [0.2, 0.25) is 11.8 Å². The molecule has 2 amide bonds. The van der Waals surface area contributed by atoms with Gasteiger partial charge in [-0.2, -0.15) is 5.10 Å². The second kappa shape index (κ2) is 10.5. The molecule has 0 bridgehead atoms. The van der Waals surface area contributed by atoms with Crippen molar-refractivity contribution in [2.75, 3.05) is 30.7 Å². The summed E-state index contributed by atoms with van der Waals surface area (Å²) in [6.07, 6.45) is 9.57. The zero-order valence-electron chi connectivity index (χ0n) is 23.6. The Morgan fingerprint density at radius 3 is 2.28 bits per heavy atom. The summed E-state index contributed by atoms with van der Waals surface area (Å²) in [7, 11) is -1.09. The number of carbonyl (C=O) groups excluding carboxylic acids is 2. The molecule has 1 atom stereocenters. The van der Waals surface area contributed by atoms with Gasteiger partial charge in [0.05, 0.1) is 41.7 Å². The van der Waals surface area contributed by atoms with E-state index in [1.165, 1.54) is 0 Å². The van der Waals surface area contributed by atoms with Crippen LogP contribution >= 0.6 is 10.0 Å². The number of benzene rings is 2. The molecule has 5 rings (SSSR count). The standard InChI is InChI=1S/C31H40N4O3S/c1-30(2)26-24(27(34-33-26)32-29(37)31(17-12-18-31)39(3,4)5)19-35(30)28(36)25(23-15-10-7-11-16-23)21-38-20-22-13-8-6-9-14-22/h6-11,13-16,25H,12,17-21H2,1-5H3,(H2,32,33,34,37)/t25-/m0/s1. The van der Waals surface area contributed by atoms with Crippen molar-refractivity contribution in [3.8, 4) is 0 Å². The Kier molecular flexibility index (Phi) is 7.37. The van der Waals surface area contributed by atoms with Crippen LogP contribution in [-0.4, -0.2) is 57.0 Å². The second-order valence-corrected chi connectivity index (χ2v) is 16.5. The molecule has 1 saturated carbocycles. The Balaban J connectivity index is 1.36. The van der Waals surface area contributed by atoms with Crippen molar-refractivity contribution in [1.29, 1.82) is 0 Å². The van der Waals surface area contributed by atoms with Crippen LogP contribution in [0.25, 0.3) is 0 Å². The van der Waals surface area contributed by atoms with Gasteiger partial charge in [0.25, 0.3) is 0 Å². The van der Waals surface area contributed by atoms with Gasteiger partial charge in [0, 0.05) is 5.56 Å². The number of nitrogens with zero attached hydrogens (tertiary/aromatic N) is 2. The topological polar surface area (TPSA) is 87.3 Å². The van der Waals surface area contributed by atoms with Crippen LogP contribution < -0.4 is 5.32 Å². The number of aromatic nitrogens is 2. The van der Waals surface area contributed by atoms with Crippen molar-refractivity contribution in [1.82, 2.24) is 15.1 Å². The Morgan fingerprint density at radius 2 is 1.69 bits per heavy atom. The van der Waals surface area contributed by atoms with E-state index in [0.29, 0.717) is 19.0 Å². The third-order valence-corrected chi connectivity index (χ3v) is 11.5. The van der Waals surface area contributed by atoms with E-state index in [1.54, 1.807) is 0 Å². The van der Waals surface area contributed by atoms with Gasteiger partial charge >= 0.3 is 0 Å². The lowest BCUT2D eigenvalue weighted by Gasteiger charge is -2.53. The largest absolute Gasteiger partial charge is 0.376 e. The monoisotopic (exact) mass is 548 g/mol. The van der Waals surface area contributed by atoms with Crippen molar-refractivity contribution >= 4 is 27.7 Å². The highest BCUT2D eigenvalue weighted by Gasteiger charge is 2.51. The molecule has 1 fully saturated rings. The normalized spacial score (nSPS) is 18.6. The van der Waals surface area contributed by atoms with E-state index < -0.39 is 21.5 Å². The first kappa shape index (κ1) is 27.5. The van der Waals surface area contributed by atoms with Gasteiger partial charge < -0.3 is 15.0 Å². The first-order valence-electron chi connectivity index (χ1n) is 13.6. The lowest BCUT2D eigenvalue weighted by molar-refractivity contribution is -0.140. The van der Waals surface area contributed by atoms with Gasteiger partial charge in [-0.1, -0.05) is 60.7 Å². The predicted octanol–water partition coefficient (Wildman–Crippen LogP) is 5.54. The van der Waals surface area contributed by atoms with Crippen LogP contribution in [-0.2, 0) is 33.0 Å². The summed E-state index contributed by atoms with van der Waals surface area (Å²) < 4.78 is 5.78.